The molecule has 0 bridgehead atoms. The average Bonchev–Trinajstić information content (AvgIpc) is 2.39. The monoisotopic (exact) mass is 292 g/mol. The molecule has 0 saturated heterocycles. The van der Waals surface area contributed by atoms with E-state index in [0.29, 0.717) is 26.0 Å². The predicted octanol–water partition coefficient (Wildman–Crippen LogP) is 1.68. The minimum absolute atomic E-state index is 0.315. The summed E-state index contributed by atoms with van der Waals surface area (Å²) >= 11 is 0. The summed E-state index contributed by atoms with van der Waals surface area (Å²) in [5.41, 5.74) is 0.0215. The molecule has 0 radical (unpaired) electrons. The number of amides is 2. The zero-order chi connectivity index (χ0) is 15.3. The summed E-state index contributed by atoms with van der Waals surface area (Å²) in [4.78, 5) is 22.8. The summed E-state index contributed by atoms with van der Waals surface area (Å²) in [5, 5.41) is 14.3. The molecule has 1 aromatic rings. The topological polar surface area (TPSA) is 87.7 Å². The summed E-state index contributed by atoms with van der Waals surface area (Å²) in [6, 6.07) is 7.17. The Hall–Kier alpha value is -2.24. The lowest BCUT2D eigenvalue weighted by Crippen LogP contribution is -2.61. The van der Waals surface area contributed by atoms with Gasteiger partial charge in [0.2, 0.25) is 0 Å². The fourth-order valence-corrected chi connectivity index (χ4v) is 2.22. The van der Waals surface area contributed by atoms with Gasteiger partial charge in [-0.25, -0.2) is 9.59 Å². The second-order valence-corrected chi connectivity index (χ2v) is 5.29. The van der Waals surface area contributed by atoms with E-state index in [1.54, 1.807) is 0 Å². The minimum Gasteiger partial charge on any atom is -0.492 e. The third-order valence-corrected chi connectivity index (χ3v) is 3.62. The van der Waals surface area contributed by atoms with Crippen LogP contribution in [0.5, 0.6) is 5.75 Å². The molecule has 1 fully saturated rings. The quantitative estimate of drug-likeness (QED) is 0.696. The molecule has 3 N–H and O–H groups in total. The third-order valence-electron chi connectivity index (χ3n) is 3.62. The largest absolute Gasteiger partial charge is 0.492 e. The van der Waals surface area contributed by atoms with Gasteiger partial charge in [-0.15, -0.1) is 0 Å². The highest BCUT2D eigenvalue weighted by Crippen LogP contribution is 2.31. The van der Waals surface area contributed by atoms with E-state index in [2.05, 4.69) is 10.6 Å². The van der Waals surface area contributed by atoms with Crippen molar-refractivity contribution in [2.75, 3.05) is 13.2 Å². The number of nitrogens with one attached hydrogen (secondary N) is 2. The van der Waals surface area contributed by atoms with Crippen LogP contribution in [0.25, 0.3) is 0 Å². The highest BCUT2D eigenvalue weighted by molar-refractivity contribution is 5.87. The van der Waals surface area contributed by atoms with Crippen molar-refractivity contribution in [2.24, 2.45) is 0 Å². The van der Waals surface area contributed by atoms with Gasteiger partial charge in [-0.3, -0.25) is 0 Å². The average molecular weight is 292 g/mol. The standard InChI is InChI=1S/C15H20N2O4/c1-11-4-2-5-12(10-11)21-9-8-16-14(20)17-15(13(18)19)6-3-7-15/h2,4-5,10H,3,6-9H2,1H3,(H,18,19)(H2,16,17,20). The van der Waals surface area contributed by atoms with Gasteiger partial charge in [0.15, 0.2) is 0 Å². The van der Waals surface area contributed by atoms with Crippen LogP contribution in [-0.2, 0) is 4.79 Å². The smallest absolute Gasteiger partial charge is 0.329 e. The minimum atomic E-state index is -1.08. The number of hydrogen-bond acceptors (Lipinski definition) is 3. The number of ether oxygens (including phenoxy) is 1. The normalized spacial score (nSPS) is 15.7. The molecule has 6 heteroatoms. The van der Waals surface area contributed by atoms with E-state index >= 15 is 0 Å². The molecule has 2 amide bonds. The van der Waals surface area contributed by atoms with Crippen LogP contribution in [0.1, 0.15) is 24.8 Å². The Bertz CT molecular complexity index is 526. The number of carbonyl (C=O) groups is 2. The van der Waals surface area contributed by atoms with Gasteiger partial charge in [0, 0.05) is 0 Å². The molecule has 1 saturated carbocycles. The zero-order valence-electron chi connectivity index (χ0n) is 12.0. The van der Waals surface area contributed by atoms with Crippen LogP contribution >= 0.6 is 0 Å². The molecule has 0 atom stereocenters. The van der Waals surface area contributed by atoms with Crippen molar-refractivity contribution in [1.29, 1.82) is 0 Å². The first-order valence-corrected chi connectivity index (χ1v) is 7.01. The molecule has 114 valence electrons. The summed E-state index contributed by atoms with van der Waals surface area (Å²) < 4.78 is 5.50. The highest BCUT2D eigenvalue weighted by Gasteiger charge is 2.45. The number of rotatable bonds is 6. The lowest BCUT2D eigenvalue weighted by atomic mass is 9.77. The lowest BCUT2D eigenvalue weighted by molar-refractivity contribution is -0.148. The fraction of sp³-hybridized carbons (Fsp3) is 0.467. The number of urea groups is 1. The van der Waals surface area contributed by atoms with Gasteiger partial charge in [0.05, 0.1) is 6.54 Å². The number of benzene rings is 1. The van der Waals surface area contributed by atoms with Gasteiger partial charge in [-0.1, -0.05) is 12.1 Å². The third kappa shape index (κ3) is 3.87. The maximum Gasteiger partial charge on any atom is 0.329 e. The van der Waals surface area contributed by atoms with Crippen molar-refractivity contribution in [3.63, 3.8) is 0 Å². The Morgan fingerprint density at radius 2 is 2.14 bits per heavy atom. The number of carboxylic acids is 1. The summed E-state index contributed by atoms with van der Waals surface area (Å²) in [5.74, 6) is -0.224. The molecule has 21 heavy (non-hydrogen) atoms. The van der Waals surface area contributed by atoms with Gasteiger partial charge in [0.25, 0.3) is 0 Å². The Kier molecular flexibility index (Phi) is 4.67. The Morgan fingerprint density at radius 1 is 1.38 bits per heavy atom. The molecule has 2 rings (SSSR count). The maximum atomic E-state index is 11.7. The second-order valence-electron chi connectivity index (χ2n) is 5.29. The molecule has 1 aliphatic carbocycles. The van der Waals surface area contributed by atoms with Gasteiger partial charge in [-0.05, 0) is 43.9 Å². The summed E-state index contributed by atoms with van der Waals surface area (Å²) in [6.07, 6.45) is 1.79. The van der Waals surface area contributed by atoms with Gasteiger partial charge in [-0.2, -0.15) is 0 Å². The highest BCUT2D eigenvalue weighted by atomic mass is 16.5. The van der Waals surface area contributed by atoms with Crippen molar-refractivity contribution in [1.82, 2.24) is 10.6 Å². The van der Waals surface area contributed by atoms with E-state index in [9.17, 15) is 9.59 Å². The Balaban J connectivity index is 1.69. The molecule has 0 unspecified atom stereocenters. The number of carboxylic acid groups (broad SMARTS) is 1. The molecule has 0 spiro atoms. The van der Waals surface area contributed by atoms with Crippen LogP contribution in [0.4, 0.5) is 4.79 Å². The molecular formula is C15H20N2O4. The molecule has 1 aromatic carbocycles. The van der Waals surface area contributed by atoms with Crippen LogP contribution in [0.2, 0.25) is 0 Å². The van der Waals surface area contributed by atoms with Crippen molar-refractivity contribution in [2.45, 2.75) is 31.7 Å². The van der Waals surface area contributed by atoms with Gasteiger partial charge < -0.3 is 20.5 Å². The first-order chi connectivity index (χ1) is 10.0. The SMILES string of the molecule is Cc1cccc(OCCNC(=O)NC2(C(=O)O)CCC2)c1. The fourth-order valence-electron chi connectivity index (χ4n) is 2.22. The molecular weight excluding hydrogens is 272 g/mol. The van der Waals surface area contributed by atoms with Gasteiger partial charge in [0.1, 0.15) is 17.9 Å². The van der Waals surface area contributed by atoms with Crippen molar-refractivity contribution in [3.05, 3.63) is 29.8 Å². The molecule has 0 aliphatic heterocycles. The molecule has 1 aliphatic rings. The van der Waals surface area contributed by atoms with E-state index in [1.165, 1.54) is 0 Å². The van der Waals surface area contributed by atoms with Crippen LogP contribution < -0.4 is 15.4 Å². The number of hydrogen-bond donors (Lipinski definition) is 3. The lowest BCUT2D eigenvalue weighted by Gasteiger charge is -2.38. The summed E-state index contributed by atoms with van der Waals surface area (Å²) in [7, 11) is 0. The molecule has 6 nitrogen and oxygen atoms in total. The van der Waals surface area contributed by atoms with E-state index < -0.39 is 17.5 Å². The number of carbonyl (C=O) groups excluding carboxylic acids is 1. The Morgan fingerprint density at radius 3 is 2.71 bits per heavy atom. The maximum absolute atomic E-state index is 11.7. The van der Waals surface area contributed by atoms with E-state index in [1.807, 2.05) is 31.2 Å². The van der Waals surface area contributed by atoms with Crippen LogP contribution in [0.3, 0.4) is 0 Å². The summed E-state index contributed by atoms with van der Waals surface area (Å²) in [6.45, 7) is 2.62. The van der Waals surface area contributed by atoms with E-state index in [0.717, 1.165) is 17.7 Å². The predicted molar refractivity (Wildman–Crippen MR) is 77.4 cm³/mol. The second kappa shape index (κ2) is 6.47. The van der Waals surface area contributed by atoms with Crippen LogP contribution in [-0.4, -0.2) is 35.8 Å². The van der Waals surface area contributed by atoms with Crippen molar-refractivity contribution in [3.8, 4) is 5.75 Å². The first-order valence-electron chi connectivity index (χ1n) is 7.01. The molecule has 0 aromatic heterocycles. The zero-order valence-corrected chi connectivity index (χ0v) is 12.0. The number of aryl methyl sites for hydroxylation is 1. The van der Waals surface area contributed by atoms with Crippen LogP contribution in [0, 0.1) is 6.92 Å². The van der Waals surface area contributed by atoms with Crippen LogP contribution in [0.15, 0.2) is 24.3 Å². The number of aliphatic carboxylic acids is 1. The van der Waals surface area contributed by atoms with Crippen molar-refractivity contribution < 1.29 is 19.4 Å². The van der Waals surface area contributed by atoms with Gasteiger partial charge >= 0.3 is 12.0 Å². The Labute approximate surface area is 123 Å². The van der Waals surface area contributed by atoms with E-state index in [4.69, 9.17) is 9.84 Å². The molecule has 0 heterocycles. The van der Waals surface area contributed by atoms with Crippen molar-refractivity contribution >= 4 is 12.0 Å². The first kappa shape index (κ1) is 15.2. The van der Waals surface area contributed by atoms with E-state index in [-0.39, 0.29) is 0 Å².